The van der Waals surface area contributed by atoms with Crippen LogP contribution >= 0.6 is 0 Å². The van der Waals surface area contributed by atoms with Gasteiger partial charge in [-0.2, -0.15) is 0 Å². The van der Waals surface area contributed by atoms with Gasteiger partial charge in [0.15, 0.2) is 6.29 Å². The Morgan fingerprint density at radius 3 is 2.58 bits per heavy atom. The van der Waals surface area contributed by atoms with Gasteiger partial charge in [0.25, 0.3) is 0 Å². The maximum Gasteiger partial charge on any atom is 0.152 e. The Morgan fingerprint density at radius 1 is 1.00 bits per heavy atom. The van der Waals surface area contributed by atoms with Gasteiger partial charge in [0.2, 0.25) is 0 Å². The minimum Gasteiger partial charge on any atom is -0.456 e. The minimum absolute atomic E-state index is 0.0576. The number of aldehydes is 1. The van der Waals surface area contributed by atoms with Crippen molar-refractivity contribution in [2.75, 3.05) is 18.0 Å². The summed E-state index contributed by atoms with van der Waals surface area (Å²) < 4.78 is 19.7. The van der Waals surface area contributed by atoms with Crippen LogP contribution in [0.1, 0.15) is 29.6 Å². The second-order valence-corrected chi connectivity index (χ2v) is 6.23. The predicted octanol–water partition coefficient (Wildman–Crippen LogP) is 5.04. The van der Waals surface area contributed by atoms with E-state index in [9.17, 15) is 9.18 Å². The summed E-state index contributed by atoms with van der Waals surface area (Å²) in [6.45, 7) is 2.18. The molecule has 1 fully saturated rings. The maximum absolute atomic E-state index is 13.8. The Labute approximate surface area is 139 Å². The molecule has 3 nitrogen and oxygen atoms in total. The van der Waals surface area contributed by atoms with Crippen molar-refractivity contribution in [2.24, 2.45) is 0 Å². The fourth-order valence-corrected chi connectivity index (χ4v) is 3.30. The fraction of sp³-hybridized carbons (Fsp3) is 0.250. The second kappa shape index (κ2) is 6.11. The summed E-state index contributed by atoms with van der Waals surface area (Å²) in [7, 11) is 0. The Kier molecular flexibility index (Phi) is 3.81. The molecule has 0 unspecified atom stereocenters. The molecule has 0 saturated carbocycles. The zero-order chi connectivity index (χ0) is 16.5. The molecule has 1 aliphatic rings. The van der Waals surface area contributed by atoms with E-state index in [2.05, 4.69) is 17.0 Å². The van der Waals surface area contributed by atoms with Gasteiger partial charge in [0, 0.05) is 29.7 Å². The lowest BCUT2D eigenvalue weighted by Crippen LogP contribution is -2.29. The van der Waals surface area contributed by atoms with Crippen LogP contribution in [0.15, 0.2) is 46.9 Å². The summed E-state index contributed by atoms with van der Waals surface area (Å²) in [6, 6.07) is 12.6. The van der Waals surface area contributed by atoms with Gasteiger partial charge < -0.3 is 9.32 Å². The molecule has 122 valence electrons. The molecule has 1 aromatic heterocycles. The van der Waals surface area contributed by atoms with Gasteiger partial charge in [-0.05, 0) is 55.7 Å². The van der Waals surface area contributed by atoms with Gasteiger partial charge in [0.05, 0.1) is 5.56 Å². The molecule has 0 radical (unpaired) electrons. The van der Waals surface area contributed by atoms with Gasteiger partial charge in [-0.15, -0.1) is 0 Å². The Bertz CT molecular complexity index is 894. The van der Waals surface area contributed by atoms with E-state index in [1.165, 1.54) is 37.1 Å². The smallest absolute Gasteiger partial charge is 0.152 e. The summed E-state index contributed by atoms with van der Waals surface area (Å²) in [6.07, 6.45) is 4.29. The third kappa shape index (κ3) is 2.68. The Morgan fingerprint density at radius 2 is 1.83 bits per heavy atom. The van der Waals surface area contributed by atoms with E-state index in [4.69, 9.17) is 4.42 Å². The molecule has 0 atom stereocenters. The molecule has 3 aromatic rings. The first kappa shape index (κ1) is 14.9. The number of furan rings is 1. The highest BCUT2D eigenvalue weighted by atomic mass is 19.1. The summed E-state index contributed by atoms with van der Waals surface area (Å²) in [5.41, 5.74) is 2.68. The van der Waals surface area contributed by atoms with Gasteiger partial charge in [-0.1, -0.05) is 6.07 Å². The van der Waals surface area contributed by atoms with Gasteiger partial charge in [-0.25, -0.2) is 4.39 Å². The van der Waals surface area contributed by atoms with Crippen LogP contribution in [0, 0.1) is 5.82 Å². The fourth-order valence-electron chi connectivity index (χ4n) is 3.30. The van der Waals surface area contributed by atoms with Crippen molar-refractivity contribution in [1.29, 1.82) is 0 Å². The zero-order valence-electron chi connectivity index (χ0n) is 13.3. The van der Waals surface area contributed by atoms with Gasteiger partial charge in [0.1, 0.15) is 17.2 Å². The molecule has 0 spiro atoms. The van der Waals surface area contributed by atoms with Crippen molar-refractivity contribution in [2.45, 2.75) is 19.3 Å². The van der Waals surface area contributed by atoms with Crippen molar-refractivity contribution in [3.05, 3.63) is 53.8 Å². The van der Waals surface area contributed by atoms with Crippen molar-refractivity contribution in [3.8, 4) is 11.3 Å². The molecule has 2 aromatic carbocycles. The number of benzene rings is 2. The first-order valence-electron chi connectivity index (χ1n) is 8.28. The standard InChI is InChI=1S/C20H18FNO2/c21-18-11-14(4-5-15(18)13-23)20-12-16-10-17(6-7-19(16)24-20)22-8-2-1-3-9-22/h4-7,10-13H,1-3,8-9H2. The Hall–Kier alpha value is -2.62. The zero-order valence-corrected chi connectivity index (χ0v) is 13.3. The summed E-state index contributed by atoms with van der Waals surface area (Å²) in [5, 5.41) is 1.01. The topological polar surface area (TPSA) is 33.5 Å². The molecule has 0 amide bonds. The highest BCUT2D eigenvalue weighted by molar-refractivity contribution is 5.86. The number of piperidine rings is 1. The molecule has 0 N–H and O–H groups in total. The average Bonchev–Trinajstić information content (AvgIpc) is 3.05. The quantitative estimate of drug-likeness (QED) is 0.633. The molecule has 4 rings (SSSR count). The predicted molar refractivity (Wildman–Crippen MR) is 93.1 cm³/mol. The number of carbonyl (C=O) groups is 1. The lowest BCUT2D eigenvalue weighted by Gasteiger charge is -2.28. The molecule has 2 heterocycles. The highest BCUT2D eigenvalue weighted by Crippen LogP contribution is 2.32. The largest absolute Gasteiger partial charge is 0.456 e. The SMILES string of the molecule is O=Cc1ccc(-c2cc3cc(N4CCCCC4)ccc3o2)cc1F. The van der Waals surface area contributed by atoms with Crippen LogP contribution in [0.4, 0.5) is 10.1 Å². The number of nitrogens with zero attached hydrogens (tertiary/aromatic N) is 1. The van der Waals surface area contributed by atoms with E-state index in [0.717, 1.165) is 24.1 Å². The average molecular weight is 323 g/mol. The van der Waals surface area contributed by atoms with Crippen LogP contribution in [0.2, 0.25) is 0 Å². The molecule has 24 heavy (non-hydrogen) atoms. The molecule has 0 aliphatic carbocycles. The monoisotopic (exact) mass is 323 g/mol. The van der Waals surface area contributed by atoms with Crippen LogP contribution in [-0.4, -0.2) is 19.4 Å². The van der Waals surface area contributed by atoms with E-state index in [-0.39, 0.29) is 5.56 Å². The Balaban J connectivity index is 1.70. The lowest BCUT2D eigenvalue weighted by atomic mass is 10.1. The highest BCUT2D eigenvalue weighted by Gasteiger charge is 2.14. The van der Waals surface area contributed by atoms with Crippen molar-refractivity contribution >= 4 is 22.9 Å². The number of halogens is 1. The third-order valence-electron chi connectivity index (χ3n) is 4.63. The normalized spacial score (nSPS) is 15.0. The number of hydrogen-bond acceptors (Lipinski definition) is 3. The first-order chi connectivity index (χ1) is 11.7. The van der Waals surface area contributed by atoms with Gasteiger partial charge >= 0.3 is 0 Å². The van der Waals surface area contributed by atoms with Crippen LogP contribution in [0.5, 0.6) is 0 Å². The van der Waals surface area contributed by atoms with E-state index in [1.807, 2.05) is 12.1 Å². The van der Waals surface area contributed by atoms with E-state index in [1.54, 1.807) is 6.07 Å². The molecule has 1 aliphatic heterocycles. The number of rotatable bonds is 3. The number of fused-ring (bicyclic) bond motifs is 1. The van der Waals surface area contributed by atoms with Crippen molar-refractivity contribution < 1.29 is 13.6 Å². The number of carbonyl (C=O) groups excluding carboxylic acids is 1. The molecular formula is C20H18FNO2. The molecule has 1 saturated heterocycles. The van der Waals surface area contributed by atoms with Crippen LogP contribution in [0.25, 0.3) is 22.3 Å². The molecule has 4 heteroatoms. The summed E-state index contributed by atoms with van der Waals surface area (Å²) in [5.74, 6) is 0.0779. The van der Waals surface area contributed by atoms with Crippen LogP contribution < -0.4 is 4.90 Å². The van der Waals surface area contributed by atoms with E-state index in [0.29, 0.717) is 17.6 Å². The van der Waals surface area contributed by atoms with Crippen LogP contribution in [0.3, 0.4) is 0 Å². The minimum atomic E-state index is -0.531. The van der Waals surface area contributed by atoms with Gasteiger partial charge in [-0.3, -0.25) is 4.79 Å². The maximum atomic E-state index is 13.8. The first-order valence-corrected chi connectivity index (χ1v) is 8.28. The molecule has 0 bridgehead atoms. The van der Waals surface area contributed by atoms with E-state index >= 15 is 0 Å². The van der Waals surface area contributed by atoms with Crippen LogP contribution in [-0.2, 0) is 0 Å². The summed E-state index contributed by atoms with van der Waals surface area (Å²) in [4.78, 5) is 13.1. The van der Waals surface area contributed by atoms with E-state index < -0.39 is 5.82 Å². The van der Waals surface area contributed by atoms with Crippen molar-refractivity contribution in [1.82, 2.24) is 0 Å². The second-order valence-electron chi connectivity index (χ2n) is 6.23. The third-order valence-corrected chi connectivity index (χ3v) is 4.63. The number of anilines is 1. The summed E-state index contributed by atoms with van der Waals surface area (Å²) >= 11 is 0. The lowest BCUT2D eigenvalue weighted by molar-refractivity contribution is 0.112. The van der Waals surface area contributed by atoms with Crippen molar-refractivity contribution in [3.63, 3.8) is 0 Å². The number of hydrogen-bond donors (Lipinski definition) is 0. The molecular weight excluding hydrogens is 305 g/mol.